The predicted octanol–water partition coefficient (Wildman–Crippen LogP) is 1.54. The second-order valence-corrected chi connectivity index (χ2v) is 7.70. The lowest BCUT2D eigenvalue weighted by molar-refractivity contribution is -0.182. The number of hydrogen-bond donors (Lipinski definition) is 6. The summed E-state index contributed by atoms with van der Waals surface area (Å²) in [5, 5.41) is 60.3. The van der Waals surface area contributed by atoms with Crippen LogP contribution >= 0.6 is 0 Å². The minimum atomic E-state index is -2.23. The first kappa shape index (κ1) is 20.8. The van der Waals surface area contributed by atoms with Gasteiger partial charge >= 0.3 is 5.97 Å². The van der Waals surface area contributed by atoms with Crippen LogP contribution in [-0.4, -0.2) is 54.4 Å². The second-order valence-electron chi connectivity index (χ2n) is 7.70. The maximum Gasteiger partial charge on any atom is 0.345 e. The average Bonchev–Trinajstić information content (AvgIpc) is 2.72. The van der Waals surface area contributed by atoms with Gasteiger partial charge < -0.3 is 40.1 Å². The molecule has 1 heterocycles. The highest BCUT2D eigenvalue weighted by Crippen LogP contribution is 2.44. The smallest absolute Gasteiger partial charge is 0.345 e. The zero-order valence-corrected chi connectivity index (χ0v) is 16.3. The Morgan fingerprint density at radius 3 is 2.55 bits per heavy atom. The Hall–Kier alpha value is -3.43. The molecule has 0 aromatic heterocycles. The van der Waals surface area contributed by atoms with Gasteiger partial charge in [0.1, 0.15) is 23.4 Å². The van der Waals surface area contributed by atoms with Crippen molar-refractivity contribution in [1.82, 2.24) is 0 Å². The van der Waals surface area contributed by atoms with Crippen LogP contribution in [0.25, 0.3) is 0 Å². The normalized spacial score (nSPS) is 27.2. The fourth-order valence-electron chi connectivity index (χ4n) is 3.84. The molecule has 9 nitrogen and oxygen atoms in total. The van der Waals surface area contributed by atoms with Gasteiger partial charge in [0.2, 0.25) is 5.60 Å². The van der Waals surface area contributed by atoms with Gasteiger partial charge in [-0.05, 0) is 31.1 Å². The van der Waals surface area contributed by atoms with Crippen LogP contribution in [0.5, 0.6) is 28.7 Å². The van der Waals surface area contributed by atoms with Crippen molar-refractivity contribution in [2.75, 3.05) is 0 Å². The molecule has 2 aromatic rings. The van der Waals surface area contributed by atoms with Gasteiger partial charge in [-0.3, -0.25) is 0 Å². The van der Waals surface area contributed by atoms with Crippen LogP contribution in [0.15, 0.2) is 42.5 Å². The molecule has 0 saturated heterocycles. The van der Waals surface area contributed by atoms with E-state index in [9.17, 15) is 35.4 Å². The topological polar surface area (TPSA) is 157 Å². The Morgan fingerprint density at radius 1 is 1.06 bits per heavy atom. The number of fused-ring (bicyclic) bond motifs is 1. The van der Waals surface area contributed by atoms with Crippen molar-refractivity contribution in [3.8, 4) is 28.7 Å². The van der Waals surface area contributed by atoms with Gasteiger partial charge in [0, 0.05) is 29.7 Å². The molecule has 4 atom stereocenters. The number of phenolic OH excluding ortho intramolecular Hbond substituents is 4. The van der Waals surface area contributed by atoms with E-state index in [1.807, 2.05) is 0 Å². The van der Waals surface area contributed by atoms with E-state index in [0.717, 1.165) is 6.07 Å². The molecule has 0 radical (unpaired) electrons. The second kappa shape index (κ2) is 7.68. The van der Waals surface area contributed by atoms with Crippen LogP contribution in [0, 0.1) is 0 Å². The van der Waals surface area contributed by atoms with Crippen LogP contribution in [-0.2, 0) is 16.0 Å². The van der Waals surface area contributed by atoms with E-state index in [0.29, 0.717) is 12.0 Å². The van der Waals surface area contributed by atoms with Gasteiger partial charge in [0.25, 0.3) is 0 Å². The summed E-state index contributed by atoms with van der Waals surface area (Å²) in [4.78, 5) is 12.8. The molecule has 31 heavy (non-hydrogen) atoms. The van der Waals surface area contributed by atoms with E-state index in [2.05, 4.69) is 0 Å². The monoisotopic (exact) mass is 430 g/mol. The molecule has 1 aliphatic heterocycles. The van der Waals surface area contributed by atoms with Gasteiger partial charge in [-0.2, -0.15) is 0 Å². The largest absolute Gasteiger partial charge is 0.508 e. The number of aliphatic hydroxyl groups excluding tert-OH is 1. The fourth-order valence-corrected chi connectivity index (χ4v) is 3.84. The Labute approximate surface area is 177 Å². The maximum absolute atomic E-state index is 12.8. The summed E-state index contributed by atoms with van der Waals surface area (Å²) in [5.74, 6) is -2.20. The highest BCUT2D eigenvalue weighted by atomic mass is 16.6. The van der Waals surface area contributed by atoms with Crippen LogP contribution in [0.4, 0.5) is 0 Å². The van der Waals surface area contributed by atoms with Crippen molar-refractivity contribution in [3.63, 3.8) is 0 Å². The number of aromatic hydroxyl groups is 4. The molecule has 164 valence electrons. The quantitative estimate of drug-likeness (QED) is 0.241. The number of allylic oxidation sites excluding steroid dienone is 1. The van der Waals surface area contributed by atoms with Crippen LogP contribution in [0.2, 0.25) is 0 Å². The van der Waals surface area contributed by atoms with Gasteiger partial charge in [0.05, 0.1) is 6.10 Å². The standard InChI is InChI=1S/C22H22O9/c23-12-8-15(25)13-10-18(31-21(28)22(29)6-2-1-3-19(22)27)20(30-17(13)9-12)11-4-5-14(24)16(26)7-11/h2,4-9,18-20,23-27,29H,1,3,10H2/t18-,19-,20+,22-/m0/s1. The first-order chi connectivity index (χ1) is 14.7. The third kappa shape index (κ3) is 3.73. The van der Waals surface area contributed by atoms with Crippen molar-refractivity contribution in [1.29, 1.82) is 0 Å². The van der Waals surface area contributed by atoms with E-state index in [4.69, 9.17) is 9.47 Å². The molecule has 0 unspecified atom stereocenters. The van der Waals surface area contributed by atoms with Gasteiger partial charge in [0.15, 0.2) is 17.6 Å². The number of carbonyl (C=O) groups is 1. The number of rotatable bonds is 3. The Bertz CT molecular complexity index is 1050. The molecule has 0 amide bonds. The van der Waals surface area contributed by atoms with Crippen molar-refractivity contribution in [2.45, 2.75) is 43.2 Å². The zero-order chi connectivity index (χ0) is 22.3. The summed E-state index contributed by atoms with van der Waals surface area (Å²) in [6.07, 6.45) is 0.00923. The number of carbonyl (C=O) groups excluding carboxylic acids is 1. The summed E-state index contributed by atoms with van der Waals surface area (Å²) in [7, 11) is 0. The first-order valence-corrected chi connectivity index (χ1v) is 9.71. The molecular formula is C22H22O9. The lowest BCUT2D eigenvalue weighted by atomic mass is 9.87. The summed E-state index contributed by atoms with van der Waals surface area (Å²) >= 11 is 0. The molecule has 0 spiro atoms. The Morgan fingerprint density at radius 2 is 1.84 bits per heavy atom. The Kier molecular flexibility index (Phi) is 5.16. The van der Waals surface area contributed by atoms with Crippen molar-refractivity contribution in [3.05, 3.63) is 53.6 Å². The van der Waals surface area contributed by atoms with Crippen molar-refractivity contribution in [2.24, 2.45) is 0 Å². The molecule has 2 aromatic carbocycles. The predicted molar refractivity (Wildman–Crippen MR) is 106 cm³/mol. The van der Waals surface area contributed by atoms with Crippen LogP contribution < -0.4 is 4.74 Å². The number of hydrogen-bond acceptors (Lipinski definition) is 9. The summed E-state index contributed by atoms with van der Waals surface area (Å²) < 4.78 is 11.4. The number of aliphatic hydroxyl groups is 2. The molecule has 2 aliphatic rings. The van der Waals surface area contributed by atoms with E-state index in [1.54, 1.807) is 6.08 Å². The average molecular weight is 430 g/mol. The molecule has 0 bridgehead atoms. The maximum atomic E-state index is 12.8. The molecule has 0 fully saturated rings. The SMILES string of the molecule is O=C(O[C@H]1Cc2c(O)cc(O)cc2O[C@@H]1c1ccc(O)c(O)c1)[C@]1(O)C=CCC[C@@H]1O. The fraction of sp³-hybridized carbons (Fsp3) is 0.318. The van der Waals surface area contributed by atoms with Gasteiger partial charge in [-0.25, -0.2) is 4.79 Å². The molecule has 6 N–H and O–H groups in total. The third-order valence-electron chi connectivity index (χ3n) is 5.57. The van der Waals surface area contributed by atoms with Crippen molar-refractivity contribution >= 4 is 5.97 Å². The molecule has 1 aliphatic carbocycles. The third-order valence-corrected chi connectivity index (χ3v) is 5.57. The van der Waals surface area contributed by atoms with Crippen LogP contribution in [0.1, 0.15) is 30.1 Å². The molecular weight excluding hydrogens is 408 g/mol. The highest BCUT2D eigenvalue weighted by Gasteiger charge is 2.46. The zero-order valence-electron chi connectivity index (χ0n) is 16.3. The Balaban J connectivity index is 1.71. The molecule has 9 heteroatoms. The molecule has 4 rings (SSSR count). The molecule has 0 saturated carbocycles. The van der Waals surface area contributed by atoms with E-state index >= 15 is 0 Å². The number of ether oxygens (including phenoxy) is 2. The lowest BCUT2D eigenvalue weighted by Gasteiger charge is -2.37. The number of phenols is 4. The highest BCUT2D eigenvalue weighted by molar-refractivity contribution is 5.83. The van der Waals surface area contributed by atoms with E-state index in [-0.39, 0.29) is 41.4 Å². The number of esters is 1. The van der Waals surface area contributed by atoms with Crippen LogP contribution in [0.3, 0.4) is 0 Å². The van der Waals surface area contributed by atoms with Crippen molar-refractivity contribution < 1.29 is 44.9 Å². The van der Waals surface area contributed by atoms with Gasteiger partial charge in [-0.1, -0.05) is 12.1 Å². The summed E-state index contributed by atoms with van der Waals surface area (Å²) in [6.45, 7) is 0. The summed E-state index contributed by atoms with van der Waals surface area (Å²) in [6, 6.07) is 6.34. The minimum Gasteiger partial charge on any atom is -0.508 e. The van der Waals surface area contributed by atoms with Gasteiger partial charge in [-0.15, -0.1) is 0 Å². The first-order valence-electron chi connectivity index (χ1n) is 9.71. The minimum absolute atomic E-state index is 0.0324. The van der Waals surface area contributed by atoms with E-state index < -0.39 is 35.6 Å². The lowest BCUT2D eigenvalue weighted by Crippen LogP contribution is -2.52. The van der Waals surface area contributed by atoms with E-state index in [1.165, 1.54) is 30.3 Å². The number of benzene rings is 2. The summed E-state index contributed by atoms with van der Waals surface area (Å²) in [5.41, 5.74) is -1.60.